The standard InChI is InChI=1S/C12H19NO4/c1-4-16-9(3)6-13-7-10-5-8(2)11(17-10)12(14)15/h5,9,13H,4,6-7H2,1-3H3,(H,14,15). The molecule has 0 radical (unpaired) electrons. The highest BCUT2D eigenvalue weighted by Gasteiger charge is 2.13. The molecule has 2 N–H and O–H groups in total. The van der Waals surface area contributed by atoms with Crippen LogP contribution >= 0.6 is 0 Å². The number of carboxylic acids is 1. The fourth-order valence-corrected chi connectivity index (χ4v) is 1.59. The van der Waals surface area contributed by atoms with Crippen molar-refractivity contribution in [2.75, 3.05) is 13.2 Å². The maximum Gasteiger partial charge on any atom is 0.372 e. The van der Waals surface area contributed by atoms with Gasteiger partial charge in [-0.3, -0.25) is 0 Å². The first kappa shape index (κ1) is 13.7. The summed E-state index contributed by atoms with van der Waals surface area (Å²) in [5.41, 5.74) is 0.646. The fourth-order valence-electron chi connectivity index (χ4n) is 1.59. The van der Waals surface area contributed by atoms with Gasteiger partial charge in [0.25, 0.3) is 0 Å². The van der Waals surface area contributed by atoms with E-state index in [1.807, 2.05) is 13.8 Å². The Morgan fingerprint density at radius 3 is 2.88 bits per heavy atom. The third-order valence-corrected chi connectivity index (χ3v) is 2.35. The quantitative estimate of drug-likeness (QED) is 0.761. The maximum atomic E-state index is 10.8. The van der Waals surface area contributed by atoms with E-state index in [-0.39, 0.29) is 11.9 Å². The lowest BCUT2D eigenvalue weighted by atomic mass is 10.2. The van der Waals surface area contributed by atoms with Crippen LogP contribution in [0.3, 0.4) is 0 Å². The minimum absolute atomic E-state index is 0.0136. The molecule has 0 aromatic carbocycles. The van der Waals surface area contributed by atoms with Crippen molar-refractivity contribution < 1.29 is 19.1 Å². The summed E-state index contributed by atoms with van der Waals surface area (Å²) in [7, 11) is 0. The summed E-state index contributed by atoms with van der Waals surface area (Å²) in [6.45, 7) is 7.55. The van der Waals surface area contributed by atoms with Crippen LogP contribution in [0.15, 0.2) is 10.5 Å². The molecule has 1 atom stereocenters. The van der Waals surface area contributed by atoms with E-state index in [9.17, 15) is 4.79 Å². The summed E-state index contributed by atoms with van der Waals surface area (Å²) < 4.78 is 10.6. The van der Waals surface area contributed by atoms with Gasteiger partial charge in [0, 0.05) is 18.7 Å². The van der Waals surface area contributed by atoms with E-state index in [4.69, 9.17) is 14.3 Å². The highest BCUT2D eigenvalue weighted by atomic mass is 16.5. The summed E-state index contributed by atoms with van der Waals surface area (Å²) in [5, 5.41) is 12.0. The van der Waals surface area contributed by atoms with E-state index in [0.717, 1.165) is 0 Å². The van der Waals surface area contributed by atoms with Crippen molar-refractivity contribution in [3.63, 3.8) is 0 Å². The number of nitrogens with one attached hydrogen (secondary N) is 1. The van der Waals surface area contributed by atoms with Gasteiger partial charge in [0.05, 0.1) is 12.6 Å². The average Bonchev–Trinajstić information content (AvgIpc) is 2.60. The zero-order valence-electron chi connectivity index (χ0n) is 10.4. The van der Waals surface area contributed by atoms with E-state index < -0.39 is 5.97 Å². The van der Waals surface area contributed by atoms with E-state index in [2.05, 4.69) is 5.32 Å². The van der Waals surface area contributed by atoms with E-state index in [0.29, 0.717) is 31.0 Å². The number of rotatable bonds is 7. The SMILES string of the molecule is CCOC(C)CNCc1cc(C)c(C(=O)O)o1. The number of hydrogen-bond acceptors (Lipinski definition) is 4. The number of carbonyl (C=O) groups is 1. The Labute approximate surface area is 101 Å². The predicted molar refractivity (Wildman–Crippen MR) is 63.2 cm³/mol. The summed E-state index contributed by atoms with van der Waals surface area (Å²) in [6.07, 6.45) is 0.134. The van der Waals surface area contributed by atoms with Crippen LogP contribution in [-0.4, -0.2) is 30.3 Å². The Morgan fingerprint density at radius 1 is 1.65 bits per heavy atom. The second-order valence-corrected chi connectivity index (χ2v) is 3.93. The Bertz CT molecular complexity index is 373. The van der Waals surface area contributed by atoms with E-state index >= 15 is 0 Å². The van der Waals surface area contributed by atoms with Crippen molar-refractivity contribution >= 4 is 5.97 Å². The smallest absolute Gasteiger partial charge is 0.372 e. The molecule has 1 unspecified atom stereocenters. The highest BCUT2D eigenvalue weighted by Crippen LogP contribution is 2.14. The van der Waals surface area contributed by atoms with Gasteiger partial charge in [-0.2, -0.15) is 0 Å². The van der Waals surface area contributed by atoms with Gasteiger partial charge >= 0.3 is 5.97 Å². The van der Waals surface area contributed by atoms with Crippen molar-refractivity contribution in [1.29, 1.82) is 0 Å². The Balaban J connectivity index is 2.42. The second-order valence-electron chi connectivity index (χ2n) is 3.93. The maximum absolute atomic E-state index is 10.8. The molecule has 0 bridgehead atoms. The van der Waals surface area contributed by atoms with Gasteiger partial charge in [0.15, 0.2) is 0 Å². The molecule has 5 heteroatoms. The first-order valence-corrected chi connectivity index (χ1v) is 5.69. The number of furan rings is 1. The van der Waals surface area contributed by atoms with Crippen molar-refractivity contribution in [2.24, 2.45) is 0 Å². The average molecular weight is 241 g/mol. The third-order valence-electron chi connectivity index (χ3n) is 2.35. The normalized spacial score (nSPS) is 12.6. The van der Waals surface area contributed by atoms with Crippen LogP contribution in [0, 0.1) is 6.92 Å². The zero-order chi connectivity index (χ0) is 12.8. The minimum atomic E-state index is -1.03. The predicted octanol–water partition coefficient (Wildman–Crippen LogP) is 1.80. The number of ether oxygens (including phenoxy) is 1. The Morgan fingerprint density at radius 2 is 2.35 bits per heavy atom. The van der Waals surface area contributed by atoms with Gasteiger partial charge < -0.3 is 19.6 Å². The van der Waals surface area contributed by atoms with E-state index in [1.54, 1.807) is 13.0 Å². The summed E-state index contributed by atoms with van der Waals surface area (Å²) in [6, 6.07) is 1.74. The molecule has 0 fully saturated rings. The van der Waals surface area contributed by atoms with Crippen LogP contribution in [-0.2, 0) is 11.3 Å². The van der Waals surface area contributed by atoms with Gasteiger partial charge in [-0.1, -0.05) is 0 Å². The second kappa shape index (κ2) is 6.42. The molecule has 0 aliphatic carbocycles. The molecule has 0 aliphatic rings. The van der Waals surface area contributed by atoms with Crippen molar-refractivity contribution in [2.45, 2.75) is 33.4 Å². The topological polar surface area (TPSA) is 71.7 Å². The molecular formula is C12H19NO4. The number of aromatic carboxylic acids is 1. The fraction of sp³-hybridized carbons (Fsp3) is 0.583. The third kappa shape index (κ3) is 4.20. The molecule has 0 saturated heterocycles. The van der Waals surface area contributed by atoms with Crippen molar-refractivity contribution in [3.05, 3.63) is 23.2 Å². The van der Waals surface area contributed by atoms with Gasteiger partial charge in [-0.15, -0.1) is 0 Å². The number of hydrogen-bond donors (Lipinski definition) is 2. The molecular weight excluding hydrogens is 222 g/mol. The van der Waals surface area contributed by atoms with Crippen LogP contribution in [0.2, 0.25) is 0 Å². The molecule has 17 heavy (non-hydrogen) atoms. The first-order valence-electron chi connectivity index (χ1n) is 5.69. The molecule has 1 rings (SSSR count). The highest BCUT2D eigenvalue weighted by molar-refractivity contribution is 5.86. The molecule has 0 amide bonds. The first-order chi connectivity index (χ1) is 8.04. The molecule has 1 heterocycles. The molecule has 1 aromatic heterocycles. The van der Waals surface area contributed by atoms with Crippen molar-refractivity contribution in [1.82, 2.24) is 5.32 Å². The van der Waals surface area contributed by atoms with Crippen LogP contribution in [0.1, 0.15) is 35.7 Å². The zero-order valence-corrected chi connectivity index (χ0v) is 10.4. The van der Waals surface area contributed by atoms with Crippen LogP contribution < -0.4 is 5.32 Å². The summed E-state index contributed by atoms with van der Waals surface area (Å²) >= 11 is 0. The summed E-state index contributed by atoms with van der Waals surface area (Å²) in [5.74, 6) is -0.389. The molecule has 0 spiro atoms. The van der Waals surface area contributed by atoms with E-state index in [1.165, 1.54) is 0 Å². The lowest BCUT2D eigenvalue weighted by molar-refractivity contribution is 0.0656. The van der Waals surface area contributed by atoms with Gasteiger partial charge in [-0.05, 0) is 26.8 Å². The Kier molecular flexibility index (Phi) is 5.18. The Hall–Kier alpha value is -1.33. The van der Waals surface area contributed by atoms with Gasteiger partial charge in [-0.25, -0.2) is 4.79 Å². The van der Waals surface area contributed by atoms with Crippen LogP contribution in [0.5, 0.6) is 0 Å². The molecule has 0 aliphatic heterocycles. The lowest BCUT2D eigenvalue weighted by Gasteiger charge is -2.11. The number of carboxylic acid groups (broad SMARTS) is 1. The van der Waals surface area contributed by atoms with Gasteiger partial charge in [0.2, 0.25) is 5.76 Å². The van der Waals surface area contributed by atoms with Crippen LogP contribution in [0.4, 0.5) is 0 Å². The van der Waals surface area contributed by atoms with Crippen LogP contribution in [0.25, 0.3) is 0 Å². The van der Waals surface area contributed by atoms with Crippen molar-refractivity contribution in [3.8, 4) is 0 Å². The lowest BCUT2D eigenvalue weighted by Crippen LogP contribution is -2.26. The molecule has 1 aromatic rings. The molecule has 96 valence electrons. The summed E-state index contributed by atoms with van der Waals surface area (Å²) in [4.78, 5) is 10.8. The van der Waals surface area contributed by atoms with Gasteiger partial charge in [0.1, 0.15) is 5.76 Å². The number of aryl methyl sites for hydroxylation is 1. The molecule has 5 nitrogen and oxygen atoms in total. The largest absolute Gasteiger partial charge is 0.475 e. The minimum Gasteiger partial charge on any atom is -0.475 e. The monoisotopic (exact) mass is 241 g/mol. The molecule has 0 saturated carbocycles.